The summed E-state index contributed by atoms with van der Waals surface area (Å²) in [4.78, 5) is 0. The lowest BCUT2D eigenvalue weighted by atomic mass is 10.2. The van der Waals surface area contributed by atoms with Gasteiger partial charge in [-0.05, 0) is 18.9 Å². The van der Waals surface area contributed by atoms with E-state index in [1.165, 1.54) is 5.69 Å². The minimum Gasteiger partial charge on any atom is -0.363 e. The Hall–Kier alpha value is -1.49. The van der Waals surface area contributed by atoms with Gasteiger partial charge in [-0.15, -0.1) is 12.4 Å². The Balaban J connectivity index is 0.00000180. The summed E-state index contributed by atoms with van der Waals surface area (Å²) in [5, 5.41) is 12.2. The molecule has 0 radical (unpaired) electrons. The van der Waals surface area contributed by atoms with Crippen LogP contribution in [-0.2, 0) is 20.1 Å². The van der Waals surface area contributed by atoms with E-state index in [9.17, 15) is 0 Å². The Labute approximate surface area is 120 Å². The summed E-state index contributed by atoms with van der Waals surface area (Å²) in [6.07, 6.45) is 1.94. The lowest BCUT2D eigenvalue weighted by molar-refractivity contribution is 0.475. The van der Waals surface area contributed by atoms with Crippen molar-refractivity contribution in [3.05, 3.63) is 29.7 Å². The number of hydrogen-bond acceptors (Lipinski definition) is 3. The maximum Gasteiger partial charge on any atom is 0.148 e. The van der Waals surface area contributed by atoms with Gasteiger partial charge in [0.1, 0.15) is 5.82 Å². The van der Waals surface area contributed by atoms with Crippen LogP contribution in [0.3, 0.4) is 0 Å². The topological polar surface area (TPSA) is 47.7 Å². The van der Waals surface area contributed by atoms with Crippen LogP contribution in [0.5, 0.6) is 0 Å². The fraction of sp³-hybridized carbons (Fsp3) is 0.538. The molecule has 19 heavy (non-hydrogen) atoms. The smallest absolute Gasteiger partial charge is 0.148 e. The third-order valence-electron chi connectivity index (χ3n) is 2.74. The van der Waals surface area contributed by atoms with Crippen LogP contribution in [0.1, 0.15) is 25.2 Å². The monoisotopic (exact) mass is 283 g/mol. The SMILES string of the molecule is Cc1cc(NCc2ccn(C)n2)nn1CC(C)C.Cl. The van der Waals surface area contributed by atoms with Gasteiger partial charge in [0.15, 0.2) is 0 Å². The van der Waals surface area contributed by atoms with E-state index in [1.807, 2.05) is 24.0 Å². The predicted octanol–water partition coefficient (Wildman–Crippen LogP) is 2.61. The van der Waals surface area contributed by atoms with E-state index in [1.54, 1.807) is 4.68 Å². The van der Waals surface area contributed by atoms with Crippen molar-refractivity contribution in [3.8, 4) is 0 Å². The summed E-state index contributed by atoms with van der Waals surface area (Å²) >= 11 is 0. The molecule has 0 fully saturated rings. The molecule has 0 saturated carbocycles. The highest BCUT2D eigenvalue weighted by Crippen LogP contribution is 2.11. The Bertz CT molecular complexity index is 515. The molecule has 0 amide bonds. The number of aryl methyl sites for hydroxylation is 2. The Morgan fingerprint density at radius 1 is 1.32 bits per heavy atom. The van der Waals surface area contributed by atoms with E-state index in [4.69, 9.17) is 0 Å². The first-order valence-corrected chi connectivity index (χ1v) is 6.31. The zero-order chi connectivity index (χ0) is 13.1. The first-order chi connectivity index (χ1) is 8.54. The molecular formula is C13H22ClN5. The first-order valence-electron chi connectivity index (χ1n) is 6.31. The number of nitrogens with one attached hydrogen (secondary N) is 1. The van der Waals surface area contributed by atoms with E-state index in [0.29, 0.717) is 12.5 Å². The summed E-state index contributed by atoms with van der Waals surface area (Å²) < 4.78 is 3.85. The van der Waals surface area contributed by atoms with Crippen molar-refractivity contribution in [3.63, 3.8) is 0 Å². The Kier molecular flexibility index (Phi) is 5.42. The standard InChI is InChI=1S/C13H21N5.ClH/c1-10(2)9-18-11(3)7-13(16-18)14-8-12-5-6-17(4)15-12;/h5-7,10H,8-9H2,1-4H3,(H,14,16);1H. The quantitative estimate of drug-likeness (QED) is 0.918. The van der Waals surface area contributed by atoms with Gasteiger partial charge in [-0.25, -0.2) is 0 Å². The molecule has 0 atom stereocenters. The average Bonchev–Trinajstić information content (AvgIpc) is 2.83. The maximum absolute atomic E-state index is 4.54. The molecule has 0 aliphatic carbocycles. The van der Waals surface area contributed by atoms with Gasteiger partial charge in [0.25, 0.3) is 0 Å². The fourth-order valence-electron chi connectivity index (χ4n) is 1.87. The van der Waals surface area contributed by atoms with Crippen LogP contribution in [-0.4, -0.2) is 19.6 Å². The summed E-state index contributed by atoms with van der Waals surface area (Å²) in [6, 6.07) is 4.08. The highest BCUT2D eigenvalue weighted by Gasteiger charge is 2.06. The van der Waals surface area contributed by atoms with Gasteiger partial charge in [-0.1, -0.05) is 13.8 Å². The van der Waals surface area contributed by atoms with E-state index < -0.39 is 0 Å². The van der Waals surface area contributed by atoms with Crippen LogP contribution in [0.4, 0.5) is 5.82 Å². The second-order valence-electron chi connectivity index (χ2n) is 5.08. The van der Waals surface area contributed by atoms with Crippen LogP contribution in [0.25, 0.3) is 0 Å². The van der Waals surface area contributed by atoms with Gasteiger partial charge in [0.2, 0.25) is 0 Å². The van der Waals surface area contributed by atoms with E-state index in [-0.39, 0.29) is 12.4 Å². The van der Waals surface area contributed by atoms with Gasteiger partial charge in [0, 0.05) is 31.5 Å². The number of anilines is 1. The maximum atomic E-state index is 4.54. The molecule has 6 heteroatoms. The van der Waals surface area contributed by atoms with Crippen LogP contribution >= 0.6 is 12.4 Å². The van der Waals surface area contributed by atoms with Crippen molar-refractivity contribution < 1.29 is 0 Å². The average molecular weight is 284 g/mol. The van der Waals surface area contributed by atoms with Gasteiger partial charge < -0.3 is 5.32 Å². The predicted molar refractivity (Wildman–Crippen MR) is 79.6 cm³/mol. The molecule has 0 spiro atoms. The molecule has 0 saturated heterocycles. The zero-order valence-corrected chi connectivity index (χ0v) is 12.7. The normalized spacial score (nSPS) is 10.6. The molecule has 1 N–H and O–H groups in total. The van der Waals surface area contributed by atoms with Crippen molar-refractivity contribution in [2.45, 2.75) is 33.9 Å². The van der Waals surface area contributed by atoms with Crippen molar-refractivity contribution in [2.24, 2.45) is 13.0 Å². The summed E-state index contributed by atoms with van der Waals surface area (Å²) in [6.45, 7) is 8.14. The third-order valence-corrected chi connectivity index (χ3v) is 2.74. The molecule has 0 unspecified atom stereocenters. The number of hydrogen-bond donors (Lipinski definition) is 1. The number of rotatable bonds is 5. The highest BCUT2D eigenvalue weighted by atomic mass is 35.5. The second-order valence-corrected chi connectivity index (χ2v) is 5.08. The summed E-state index contributed by atoms with van der Waals surface area (Å²) in [5.74, 6) is 1.52. The molecule has 0 aliphatic heterocycles. The molecule has 0 bridgehead atoms. The second kappa shape index (κ2) is 6.61. The minimum atomic E-state index is 0. The fourth-order valence-corrected chi connectivity index (χ4v) is 1.87. The third kappa shape index (κ3) is 4.28. The molecule has 2 rings (SSSR count). The number of nitrogens with zero attached hydrogens (tertiary/aromatic N) is 4. The lowest BCUT2D eigenvalue weighted by Crippen LogP contribution is -2.08. The molecule has 0 aliphatic rings. The Morgan fingerprint density at radius 3 is 2.63 bits per heavy atom. The molecule has 2 aromatic heterocycles. The number of halogens is 1. The zero-order valence-electron chi connectivity index (χ0n) is 11.9. The van der Waals surface area contributed by atoms with Gasteiger partial charge in [-0.2, -0.15) is 10.2 Å². The summed E-state index contributed by atoms with van der Waals surface area (Å²) in [5.41, 5.74) is 2.21. The lowest BCUT2D eigenvalue weighted by Gasteiger charge is -2.06. The van der Waals surface area contributed by atoms with Crippen molar-refractivity contribution in [1.29, 1.82) is 0 Å². The summed E-state index contributed by atoms with van der Waals surface area (Å²) in [7, 11) is 1.92. The molecule has 106 valence electrons. The highest BCUT2D eigenvalue weighted by molar-refractivity contribution is 5.85. The van der Waals surface area contributed by atoms with Crippen molar-refractivity contribution in [2.75, 3.05) is 5.32 Å². The molecule has 5 nitrogen and oxygen atoms in total. The van der Waals surface area contributed by atoms with Gasteiger partial charge in [0.05, 0.1) is 12.2 Å². The first kappa shape index (κ1) is 15.6. The minimum absolute atomic E-state index is 0. The van der Waals surface area contributed by atoms with Gasteiger partial charge in [-0.3, -0.25) is 9.36 Å². The molecule has 2 heterocycles. The van der Waals surface area contributed by atoms with E-state index >= 15 is 0 Å². The van der Waals surface area contributed by atoms with E-state index in [0.717, 1.165) is 18.1 Å². The van der Waals surface area contributed by atoms with Crippen LogP contribution in [0.2, 0.25) is 0 Å². The Morgan fingerprint density at radius 2 is 2.05 bits per heavy atom. The van der Waals surface area contributed by atoms with Crippen LogP contribution in [0, 0.1) is 12.8 Å². The van der Waals surface area contributed by atoms with Crippen LogP contribution < -0.4 is 5.32 Å². The molecule has 0 aromatic carbocycles. The van der Waals surface area contributed by atoms with Crippen molar-refractivity contribution in [1.82, 2.24) is 19.6 Å². The molecular weight excluding hydrogens is 262 g/mol. The van der Waals surface area contributed by atoms with Gasteiger partial charge >= 0.3 is 0 Å². The van der Waals surface area contributed by atoms with Crippen molar-refractivity contribution >= 4 is 18.2 Å². The van der Waals surface area contributed by atoms with E-state index in [2.05, 4.69) is 42.4 Å². The number of aromatic nitrogens is 4. The largest absolute Gasteiger partial charge is 0.363 e. The molecule has 2 aromatic rings. The van der Waals surface area contributed by atoms with Crippen LogP contribution in [0.15, 0.2) is 18.3 Å².